The van der Waals surface area contributed by atoms with E-state index in [9.17, 15) is 9.90 Å². The number of rotatable bonds is 5. The minimum Gasteiger partial charge on any atom is -0.508 e. The Balaban J connectivity index is 1.54. The quantitative estimate of drug-likeness (QED) is 0.750. The molecule has 0 unspecified atom stereocenters. The van der Waals surface area contributed by atoms with Crippen LogP contribution in [0.1, 0.15) is 34.5 Å². The molecule has 1 heterocycles. The first-order valence-corrected chi connectivity index (χ1v) is 9.21. The highest BCUT2D eigenvalue weighted by Crippen LogP contribution is 2.31. The normalized spacial score (nSPS) is 13.6. The second kappa shape index (κ2) is 6.91. The van der Waals surface area contributed by atoms with Crippen LogP contribution >= 0.6 is 0 Å². The van der Waals surface area contributed by atoms with E-state index >= 15 is 0 Å². The van der Waals surface area contributed by atoms with Gasteiger partial charge in [-0.2, -0.15) is 5.10 Å². The summed E-state index contributed by atoms with van der Waals surface area (Å²) in [6, 6.07) is 15.1. The average Bonchev–Trinajstić information content (AvgIpc) is 3.45. The van der Waals surface area contributed by atoms with Crippen molar-refractivity contribution in [2.75, 3.05) is 0 Å². The predicted molar refractivity (Wildman–Crippen MR) is 104 cm³/mol. The molecule has 5 heteroatoms. The summed E-state index contributed by atoms with van der Waals surface area (Å²) in [5, 5.41) is 13.8. The number of hydrogen-bond acceptors (Lipinski definition) is 3. The molecule has 27 heavy (non-hydrogen) atoms. The van der Waals surface area contributed by atoms with Crippen LogP contribution in [0.5, 0.6) is 5.75 Å². The molecular weight excluding hydrogens is 338 g/mol. The predicted octanol–water partition coefficient (Wildman–Crippen LogP) is 3.91. The zero-order valence-electron chi connectivity index (χ0n) is 15.6. The molecule has 0 spiro atoms. The zero-order chi connectivity index (χ0) is 19.0. The summed E-state index contributed by atoms with van der Waals surface area (Å²) in [5.74, 6) is 0.296. The molecule has 1 aliphatic carbocycles. The highest BCUT2D eigenvalue weighted by Gasteiger charge is 2.33. The van der Waals surface area contributed by atoms with E-state index in [4.69, 9.17) is 0 Å². The van der Waals surface area contributed by atoms with Crippen LogP contribution in [-0.2, 0) is 13.6 Å². The minimum atomic E-state index is 0.0556. The summed E-state index contributed by atoms with van der Waals surface area (Å²) in [5.41, 5.74) is 4.85. The Kier molecular flexibility index (Phi) is 4.44. The van der Waals surface area contributed by atoms with Crippen molar-refractivity contribution in [3.05, 3.63) is 71.5 Å². The van der Waals surface area contributed by atoms with Crippen LogP contribution in [0.2, 0.25) is 0 Å². The van der Waals surface area contributed by atoms with Crippen molar-refractivity contribution in [3.63, 3.8) is 0 Å². The van der Waals surface area contributed by atoms with E-state index in [1.165, 1.54) is 0 Å². The van der Waals surface area contributed by atoms with E-state index in [0.717, 1.165) is 35.2 Å². The van der Waals surface area contributed by atoms with Gasteiger partial charge >= 0.3 is 0 Å². The Morgan fingerprint density at radius 2 is 1.81 bits per heavy atom. The van der Waals surface area contributed by atoms with E-state index in [-0.39, 0.29) is 11.7 Å². The molecule has 1 fully saturated rings. The summed E-state index contributed by atoms with van der Waals surface area (Å²) < 4.78 is 1.80. The van der Waals surface area contributed by atoms with E-state index < -0.39 is 0 Å². The molecule has 1 N–H and O–H groups in total. The van der Waals surface area contributed by atoms with Crippen LogP contribution in [0.15, 0.2) is 54.7 Å². The fourth-order valence-corrected chi connectivity index (χ4v) is 3.39. The zero-order valence-corrected chi connectivity index (χ0v) is 15.6. The number of carbonyl (C=O) groups is 1. The van der Waals surface area contributed by atoms with Crippen LogP contribution in [0.25, 0.3) is 11.1 Å². The van der Waals surface area contributed by atoms with Gasteiger partial charge in [0.25, 0.3) is 5.91 Å². The van der Waals surface area contributed by atoms with Gasteiger partial charge in [0.2, 0.25) is 0 Å². The van der Waals surface area contributed by atoms with E-state index in [1.807, 2.05) is 61.5 Å². The van der Waals surface area contributed by atoms with Gasteiger partial charge in [-0.1, -0.05) is 24.3 Å². The maximum absolute atomic E-state index is 13.1. The number of hydrogen-bond donors (Lipinski definition) is 1. The molecule has 0 saturated heterocycles. The largest absolute Gasteiger partial charge is 0.508 e. The fourth-order valence-electron chi connectivity index (χ4n) is 3.39. The second-order valence-corrected chi connectivity index (χ2v) is 7.21. The van der Waals surface area contributed by atoms with Crippen molar-refractivity contribution in [2.45, 2.75) is 32.4 Å². The number of aryl methyl sites for hydroxylation is 2. The Morgan fingerprint density at radius 1 is 1.15 bits per heavy atom. The molecule has 0 aliphatic heterocycles. The molecule has 1 saturated carbocycles. The van der Waals surface area contributed by atoms with Crippen molar-refractivity contribution in [1.29, 1.82) is 0 Å². The molecule has 0 bridgehead atoms. The third kappa shape index (κ3) is 3.72. The molecule has 138 valence electrons. The smallest absolute Gasteiger partial charge is 0.254 e. The van der Waals surface area contributed by atoms with E-state index in [1.54, 1.807) is 16.8 Å². The molecule has 3 aromatic rings. The molecule has 1 aliphatic rings. The van der Waals surface area contributed by atoms with Crippen LogP contribution in [0.3, 0.4) is 0 Å². The number of aromatic nitrogens is 2. The van der Waals surface area contributed by atoms with Gasteiger partial charge in [0.05, 0.1) is 5.69 Å². The number of phenolic OH excluding ortho intramolecular Hbond substituents is 1. The Hall–Kier alpha value is -3.08. The number of benzene rings is 2. The number of aromatic hydroxyl groups is 1. The van der Waals surface area contributed by atoms with Gasteiger partial charge in [-0.3, -0.25) is 9.48 Å². The first-order valence-electron chi connectivity index (χ1n) is 9.21. The maximum atomic E-state index is 13.1. The molecule has 5 nitrogen and oxygen atoms in total. The standard InChI is InChI=1S/C22H23N3O2/c1-15-21(14-24(2)23-15)17-5-7-18(8-6-17)22(27)25(19-9-10-19)13-16-3-11-20(26)12-4-16/h3-8,11-12,14,19,26H,9-10,13H2,1-2H3. The average molecular weight is 361 g/mol. The summed E-state index contributed by atoms with van der Waals surface area (Å²) in [6.45, 7) is 2.55. The molecule has 4 rings (SSSR count). The van der Waals surface area contributed by atoms with Crippen molar-refractivity contribution >= 4 is 5.91 Å². The third-order valence-corrected chi connectivity index (χ3v) is 4.99. The summed E-state index contributed by atoms with van der Waals surface area (Å²) in [4.78, 5) is 15.0. The Bertz CT molecular complexity index is 954. The first kappa shape index (κ1) is 17.3. The van der Waals surface area contributed by atoms with Crippen LogP contribution in [0, 0.1) is 6.92 Å². The SMILES string of the molecule is Cc1nn(C)cc1-c1ccc(C(=O)N(Cc2ccc(O)cc2)C2CC2)cc1. The second-order valence-electron chi connectivity index (χ2n) is 7.21. The van der Waals surface area contributed by atoms with Gasteiger partial charge < -0.3 is 10.0 Å². The van der Waals surface area contributed by atoms with Gasteiger partial charge in [-0.05, 0) is 55.2 Å². The van der Waals surface area contributed by atoms with Crippen molar-refractivity contribution in [2.24, 2.45) is 7.05 Å². The van der Waals surface area contributed by atoms with Gasteiger partial charge in [0.15, 0.2) is 0 Å². The van der Waals surface area contributed by atoms with E-state index in [2.05, 4.69) is 5.10 Å². The van der Waals surface area contributed by atoms with Gasteiger partial charge in [0, 0.05) is 37.0 Å². The van der Waals surface area contributed by atoms with E-state index in [0.29, 0.717) is 18.2 Å². The molecule has 0 radical (unpaired) electrons. The molecule has 2 aromatic carbocycles. The van der Waals surface area contributed by atoms with Gasteiger partial charge in [0.1, 0.15) is 5.75 Å². The van der Waals surface area contributed by atoms with Gasteiger partial charge in [-0.25, -0.2) is 0 Å². The van der Waals surface area contributed by atoms with Crippen LogP contribution in [0.4, 0.5) is 0 Å². The third-order valence-electron chi connectivity index (χ3n) is 4.99. The monoisotopic (exact) mass is 361 g/mol. The number of amides is 1. The topological polar surface area (TPSA) is 58.4 Å². The first-order chi connectivity index (χ1) is 13.0. The van der Waals surface area contributed by atoms with Gasteiger partial charge in [-0.15, -0.1) is 0 Å². The Morgan fingerprint density at radius 3 is 2.37 bits per heavy atom. The number of nitrogens with zero attached hydrogens (tertiary/aromatic N) is 3. The number of phenols is 1. The van der Waals surface area contributed by atoms with Crippen LogP contribution < -0.4 is 0 Å². The lowest BCUT2D eigenvalue weighted by atomic mass is 10.0. The van der Waals surface area contributed by atoms with Crippen molar-refractivity contribution < 1.29 is 9.90 Å². The van der Waals surface area contributed by atoms with Crippen molar-refractivity contribution in [1.82, 2.24) is 14.7 Å². The lowest BCUT2D eigenvalue weighted by Gasteiger charge is -2.23. The molecular formula is C22H23N3O2. The Labute approximate surface area is 158 Å². The maximum Gasteiger partial charge on any atom is 0.254 e. The molecule has 1 aromatic heterocycles. The summed E-state index contributed by atoms with van der Waals surface area (Å²) in [7, 11) is 1.91. The summed E-state index contributed by atoms with van der Waals surface area (Å²) >= 11 is 0. The highest BCUT2D eigenvalue weighted by atomic mass is 16.3. The number of carbonyl (C=O) groups excluding carboxylic acids is 1. The highest BCUT2D eigenvalue weighted by molar-refractivity contribution is 5.95. The lowest BCUT2D eigenvalue weighted by Crippen LogP contribution is -2.32. The van der Waals surface area contributed by atoms with Crippen LogP contribution in [-0.4, -0.2) is 31.7 Å². The fraction of sp³-hybridized carbons (Fsp3) is 0.273. The van der Waals surface area contributed by atoms with Crippen molar-refractivity contribution in [3.8, 4) is 16.9 Å². The minimum absolute atomic E-state index is 0.0556. The molecule has 1 amide bonds. The molecule has 0 atom stereocenters. The lowest BCUT2D eigenvalue weighted by molar-refractivity contribution is 0.0730. The summed E-state index contributed by atoms with van der Waals surface area (Å²) in [6.07, 6.45) is 4.10.